The van der Waals surface area contributed by atoms with Crippen molar-refractivity contribution in [1.29, 1.82) is 0 Å². The van der Waals surface area contributed by atoms with E-state index in [0.717, 1.165) is 6.07 Å². The Morgan fingerprint density at radius 1 is 1.00 bits per heavy atom. The van der Waals surface area contributed by atoms with Crippen molar-refractivity contribution in [2.75, 3.05) is 10.8 Å². The molecular formula is C14H14FNO2S. The molecule has 0 unspecified atom stereocenters. The van der Waals surface area contributed by atoms with Crippen molar-refractivity contribution in [1.82, 2.24) is 0 Å². The van der Waals surface area contributed by atoms with E-state index in [0.29, 0.717) is 5.69 Å². The molecule has 0 saturated carbocycles. The predicted molar refractivity (Wildman–Crippen MR) is 73.0 cm³/mol. The number of nitrogens with zero attached hydrogens (tertiary/aromatic N) is 1. The predicted octanol–water partition coefficient (Wildman–Crippen LogP) is 3.04. The van der Waals surface area contributed by atoms with Crippen LogP contribution in [0.15, 0.2) is 59.5 Å². The quantitative estimate of drug-likeness (QED) is 0.862. The first-order valence-corrected chi connectivity index (χ1v) is 7.33. The highest BCUT2D eigenvalue weighted by atomic mass is 32.2. The molecule has 5 heteroatoms. The Hall–Kier alpha value is -1.88. The van der Waals surface area contributed by atoms with Crippen LogP contribution in [0.3, 0.4) is 0 Å². The van der Waals surface area contributed by atoms with Gasteiger partial charge in [-0.2, -0.15) is 0 Å². The monoisotopic (exact) mass is 279 g/mol. The minimum atomic E-state index is -3.88. The van der Waals surface area contributed by atoms with E-state index in [1.807, 2.05) is 0 Å². The Labute approximate surface area is 112 Å². The van der Waals surface area contributed by atoms with Crippen LogP contribution in [0.4, 0.5) is 10.1 Å². The summed E-state index contributed by atoms with van der Waals surface area (Å²) >= 11 is 0. The molecule has 0 aliphatic heterocycles. The van der Waals surface area contributed by atoms with Crippen LogP contribution in [0.2, 0.25) is 0 Å². The lowest BCUT2D eigenvalue weighted by Crippen LogP contribution is -2.31. The van der Waals surface area contributed by atoms with Gasteiger partial charge in [0.25, 0.3) is 10.0 Å². The summed E-state index contributed by atoms with van der Waals surface area (Å²) in [7, 11) is -3.88. The van der Waals surface area contributed by atoms with E-state index in [1.165, 1.54) is 22.5 Å². The summed E-state index contributed by atoms with van der Waals surface area (Å²) in [6.45, 7) is 1.95. The molecule has 2 rings (SSSR count). The Morgan fingerprint density at radius 3 is 2.16 bits per heavy atom. The largest absolute Gasteiger partial charge is 0.267 e. The maximum atomic E-state index is 13.7. The summed E-state index contributed by atoms with van der Waals surface area (Å²) in [5.41, 5.74) is 0.522. The van der Waals surface area contributed by atoms with Crippen LogP contribution in [0.1, 0.15) is 6.92 Å². The van der Waals surface area contributed by atoms with Crippen molar-refractivity contribution >= 4 is 15.7 Å². The Balaban J connectivity index is 2.52. The topological polar surface area (TPSA) is 37.4 Å². The molecule has 2 aromatic rings. The lowest BCUT2D eigenvalue weighted by molar-refractivity contribution is 0.564. The molecule has 3 nitrogen and oxygen atoms in total. The second-order valence-electron chi connectivity index (χ2n) is 3.94. The molecule has 2 aromatic carbocycles. The van der Waals surface area contributed by atoms with E-state index in [9.17, 15) is 12.8 Å². The zero-order chi connectivity index (χ0) is 13.9. The van der Waals surface area contributed by atoms with Crippen molar-refractivity contribution < 1.29 is 12.8 Å². The molecule has 0 aliphatic rings. The summed E-state index contributed by atoms with van der Waals surface area (Å²) < 4.78 is 39.8. The molecule has 0 spiro atoms. The first-order chi connectivity index (χ1) is 9.07. The molecule has 0 aromatic heterocycles. The molecule has 0 radical (unpaired) electrons. The van der Waals surface area contributed by atoms with E-state index in [2.05, 4.69) is 0 Å². The van der Waals surface area contributed by atoms with Gasteiger partial charge in [-0.05, 0) is 31.2 Å². The van der Waals surface area contributed by atoms with E-state index in [-0.39, 0.29) is 11.4 Å². The summed E-state index contributed by atoms with van der Waals surface area (Å²) in [5.74, 6) is -0.739. The molecule has 0 amide bonds. The van der Waals surface area contributed by atoms with Gasteiger partial charge in [0.05, 0.1) is 5.69 Å². The van der Waals surface area contributed by atoms with Gasteiger partial charge in [-0.1, -0.05) is 30.3 Å². The number of rotatable bonds is 4. The lowest BCUT2D eigenvalue weighted by atomic mass is 10.3. The summed E-state index contributed by atoms with van der Waals surface area (Å²) in [4.78, 5) is -0.305. The van der Waals surface area contributed by atoms with Crippen molar-refractivity contribution in [2.24, 2.45) is 0 Å². The van der Waals surface area contributed by atoms with Crippen LogP contribution in [0, 0.1) is 5.82 Å². The molecule has 0 heterocycles. The summed E-state index contributed by atoms with van der Waals surface area (Å²) in [6.07, 6.45) is 0. The van der Waals surface area contributed by atoms with Gasteiger partial charge < -0.3 is 0 Å². The van der Waals surface area contributed by atoms with Gasteiger partial charge in [0.15, 0.2) is 0 Å². The van der Waals surface area contributed by atoms with Gasteiger partial charge in [-0.3, -0.25) is 4.31 Å². The van der Waals surface area contributed by atoms with Crippen molar-refractivity contribution in [3.05, 3.63) is 60.4 Å². The zero-order valence-corrected chi connectivity index (χ0v) is 11.3. The first-order valence-electron chi connectivity index (χ1n) is 5.89. The third kappa shape index (κ3) is 2.61. The van der Waals surface area contributed by atoms with Crippen LogP contribution in [-0.4, -0.2) is 15.0 Å². The van der Waals surface area contributed by atoms with Crippen LogP contribution in [0.5, 0.6) is 0 Å². The van der Waals surface area contributed by atoms with Crippen molar-refractivity contribution in [3.8, 4) is 0 Å². The maximum Gasteiger partial charge on any atom is 0.267 e. The highest BCUT2D eigenvalue weighted by Gasteiger charge is 2.26. The fourth-order valence-electron chi connectivity index (χ4n) is 1.86. The third-order valence-corrected chi connectivity index (χ3v) is 4.67. The number of para-hydroxylation sites is 1. The zero-order valence-electron chi connectivity index (χ0n) is 10.5. The van der Waals surface area contributed by atoms with Crippen LogP contribution >= 0.6 is 0 Å². The van der Waals surface area contributed by atoms with E-state index in [1.54, 1.807) is 37.3 Å². The fourth-order valence-corrected chi connectivity index (χ4v) is 3.40. The average molecular weight is 279 g/mol. The van der Waals surface area contributed by atoms with Crippen LogP contribution in [0.25, 0.3) is 0 Å². The third-order valence-electron chi connectivity index (χ3n) is 2.74. The van der Waals surface area contributed by atoms with Crippen LogP contribution in [-0.2, 0) is 10.0 Å². The van der Waals surface area contributed by atoms with Gasteiger partial charge in [0.1, 0.15) is 10.7 Å². The van der Waals surface area contributed by atoms with Gasteiger partial charge in [0.2, 0.25) is 0 Å². The second kappa shape index (κ2) is 5.40. The number of halogens is 1. The normalized spacial score (nSPS) is 11.3. The molecule has 0 atom stereocenters. The number of hydrogen-bond donors (Lipinski definition) is 0. The highest BCUT2D eigenvalue weighted by molar-refractivity contribution is 7.92. The summed E-state index contributed by atoms with van der Waals surface area (Å²) in [6, 6.07) is 14.0. The average Bonchev–Trinajstić information content (AvgIpc) is 2.40. The van der Waals surface area contributed by atoms with E-state index < -0.39 is 15.8 Å². The Kier molecular flexibility index (Phi) is 3.85. The molecule has 19 heavy (non-hydrogen) atoms. The minimum Gasteiger partial charge on any atom is -0.267 e. The number of sulfonamides is 1. The molecule has 0 saturated heterocycles. The number of hydrogen-bond acceptors (Lipinski definition) is 2. The van der Waals surface area contributed by atoms with Gasteiger partial charge >= 0.3 is 0 Å². The smallest absolute Gasteiger partial charge is 0.267 e. The van der Waals surface area contributed by atoms with Crippen molar-refractivity contribution in [2.45, 2.75) is 11.8 Å². The first kappa shape index (κ1) is 13.5. The SMILES string of the molecule is CCN(c1ccccc1)S(=O)(=O)c1ccccc1F. The highest BCUT2D eigenvalue weighted by Crippen LogP contribution is 2.24. The molecule has 100 valence electrons. The Morgan fingerprint density at radius 2 is 1.58 bits per heavy atom. The van der Waals surface area contributed by atoms with Gasteiger partial charge in [-0.15, -0.1) is 0 Å². The van der Waals surface area contributed by atoms with E-state index >= 15 is 0 Å². The van der Waals surface area contributed by atoms with Gasteiger partial charge in [0, 0.05) is 6.54 Å². The molecule has 0 fully saturated rings. The lowest BCUT2D eigenvalue weighted by Gasteiger charge is -2.23. The van der Waals surface area contributed by atoms with Crippen molar-refractivity contribution in [3.63, 3.8) is 0 Å². The van der Waals surface area contributed by atoms with Gasteiger partial charge in [-0.25, -0.2) is 12.8 Å². The molecule has 0 bridgehead atoms. The van der Waals surface area contributed by atoms with E-state index in [4.69, 9.17) is 0 Å². The fraction of sp³-hybridized carbons (Fsp3) is 0.143. The molecule has 0 aliphatic carbocycles. The number of anilines is 1. The summed E-state index contributed by atoms with van der Waals surface area (Å²) in [5, 5.41) is 0. The standard InChI is InChI=1S/C14H14FNO2S/c1-2-16(12-8-4-3-5-9-12)19(17,18)14-11-7-6-10-13(14)15/h3-11H,2H2,1H3. The van der Waals surface area contributed by atoms with Crippen LogP contribution < -0.4 is 4.31 Å². The Bertz CT molecular complexity index is 656. The maximum absolute atomic E-state index is 13.7. The second-order valence-corrected chi connectivity index (χ2v) is 5.77. The molecule has 0 N–H and O–H groups in total. The molecular weight excluding hydrogens is 265 g/mol. The minimum absolute atomic E-state index is 0.237. The number of benzene rings is 2.